The fourth-order valence-corrected chi connectivity index (χ4v) is 3.05. The van der Waals surface area contributed by atoms with Gasteiger partial charge in [-0.2, -0.15) is 0 Å². The van der Waals surface area contributed by atoms with Gasteiger partial charge in [-0.15, -0.1) is 11.8 Å². The van der Waals surface area contributed by atoms with E-state index in [1.54, 1.807) is 6.26 Å². The molecular weight excluding hydrogens is 424 g/mol. The van der Waals surface area contributed by atoms with Gasteiger partial charge in [-0.05, 0) is 26.1 Å². The van der Waals surface area contributed by atoms with Crippen molar-refractivity contribution in [1.29, 1.82) is 0 Å². The zero-order chi connectivity index (χ0) is 24.2. The van der Waals surface area contributed by atoms with Crippen molar-refractivity contribution in [2.45, 2.75) is 51.2 Å². The van der Waals surface area contributed by atoms with Crippen LogP contribution in [-0.2, 0) is 19.2 Å². The number of rotatable bonds is 11. The number of hydrogen-bond acceptors (Lipinski definition) is 7. The molecule has 0 aliphatic carbocycles. The number of piperazine rings is 1. The lowest BCUT2D eigenvalue weighted by atomic mass is 10.1. The van der Waals surface area contributed by atoms with Crippen LogP contribution in [0.4, 0.5) is 0 Å². The van der Waals surface area contributed by atoms with Crippen LogP contribution in [0.25, 0.3) is 0 Å². The van der Waals surface area contributed by atoms with Crippen LogP contribution >= 0.6 is 11.8 Å². The van der Waals surface area contributed by atoms with E-state index in [-0.39, 0.29) is 24.8 Å². The number of carbonyl (C=O) groups excluding carboxylic acids is 2. The van der Waals surface area contributed by atoms with Crippen molar-refractivity contribution in [2.24, 2.45) is 5.73 Å². The maximum Gasteiger partial charge on any atom is 0.317 e. The summed E-state index contributed by atoms with van der Waals surface area (Å²) in [6, 6.07) is 0. The molecule has 11 heteroatoms. The van der Waals surface area contributed by atoms with Crippen molar-refractivity contribution in [1.82, 2.24) is 15.1 Å². The van der Waals surface area contributed by atoms with Gasteiger partial charge in [0.15, 0.2) is 0 Å². The fraction of sp³-hybridized carbons (Fsp3) is 0.800. The van der Waals surface area contributed by atoms with Crippen LogP contribution < -0.4 is 11.1 Å². The van der Waals surface area contributed by atoms with Crippen LogP contribution in [0.3, 0.4) is 0 Å². The topological polar surface area (TPSA) is 153 Å². The van der Waals surface area contributed by atoms with Crippen molar-refractivity contribution in [3.8, 4) is 0 Å². The molecule has 0 saturated carbocycles. The number of unbranched alkanes of at least 4 members (excludes halogenated alkanes) is 2. The van der Waals surface area contributed by atoms with E-state index in [1.165, 1.54) is 0 Å². The fourth-order valence-electron chi connectivity index (χ4n) is 2.53. The average molecular weight is 465 g/mol. The largest absolute Gasteiger partial charge is 0.480 e. The predicted octanol–water partition coefficient (Wildman–Crippen LogP) is 0.699. The first-order valence-corrected chi connectivity index (χ1v) is 11.9. The van der Waals surface area contributed by atoms with Gasteiger partial charge in [0.2, 0.25) is 11.8 Å². The second kappa shape index (κ2) is 20.1. The van der Waals surface area contributed by atoms with E-state index < -0.39 is 17.2 Å². The molecule has 5 N–H and O–H groups in total. The number of nitrogens with one attached hydrogen (secondary N) is 1. The van der Waals surface area contributed by atoms with Gasteiger partial charge in [-0.25, -0.2) is 0 Å². The van der Waals surface area contributed by atoms with Crippen LogP contribution in [0.2, 0.25) is 0 Å². The molecule has 31 heavy (non-hydrogen) atoms. The highest BCUT2D eigenvalue weighted by Gasteiger charge is 2.20. The van der Waals surface area contributed by atoms with Gasteiger partial charge in [0.25, 0.3) is 0 Å². The van der Waals surface area contributed by atoms with E-state index in [1.807, 2.05) is 18.7 Å². The normalized spacial score (nSPS) is 14.3. The minimum atomic E-state index is -0.968. The Labute approximate surface area is 189 Å². The molecule has 1 atom stereocenters. The third-order valence-corrected chi connectivity index (χ3v) is 5.29. The Kier molecular flexibility index (Phi) is 20.3. The number of hydrogen-bond donors (Lipinski definition) is 4. The summed E-state index contributed by atoms with van der Waals surface area (Å²) in [5.41, 5.74) is 4.57. The van der Waals surface area contributed by atoms with E-state index >= 15 is 0 Å². The number of carboxylic acid groups (broad SMARTS) is 2. The number of likely N-dealkylation sites (N-methyl/N-ethyl adjacent to an activating group) is 1. The first-order chi connectivity index (χ1) is 14.7. The zero-order valence-corrected chi connectivity index (χ0v) is 20.1. The summed E-state index contributed by atoms with van der Waals surface area (Å²) in [5.74, 6) is -1.94. The van der Waals surface area contributed by atoms with Crippen LogP contribution in [0.5, 0.6) is 0 Å². The Morgan fingerprint density at radius 2 is 1.58 bits per heavy atom. The number of carbonyl (C=O) groups is 4. The van der Waals surface area contributed by atoms with Crippen molar-refractivity contribution < 1.29 is 29.4 Å². The molecule has 0 aromatic carbocycles. The quantitative estimate of drug-likeness (QED) is 0.324. The molecule has 1 unspecified atom stereocenters. The standard InChI is InChI=1S/C16H29N3O4S.C2H5NO2.C2H6/c1-18-8-10-19(11-9-18)15(21)6-4-3-5-7-17-14(20)12-13(24-2)16(22)23;3-1-2(4)5;1-2/h13H,3-12H2,1-2H3,(H,17,20)(H,22,23);1,3H2,(H,4,5);1-2H3. The summed E-state index contributed by atoms with van der Waals surface area (Å²) in [7, 11) is 2.06. The molecule has 0 spiro atoms. The summed E-state index contributed by atoms with van der Waals surface area (Å²) >= 11 is 1.16. The van der Waals surface area contributed by atoms with Crippen LogP contribution in [-0.4, -0.2) is 102 Å². The Morgan fingerprint density at radius 1 is 1.03 bits per heavy atom. The van der Waals surface area contributed by atoms with Crippen LogP contribution in [0, 0.1) is 0 Å². The van der Waals surface area contributed by atoms with Gasteiger partial charge in [0.1, 0.15) is 5.25 Å². The van der Waals surface area contributed by atoms with Crippen LogP contribution in [0.1, 0.15) is 46.0 Å². The molecule has 0 aromatic heterocycles. The molecule has 1 aliphatic rings. The second-order valence-corrected chi connectivity index (χ2v) is 7.75. The van der Waals surface area contributed by atoms with Gasteiger partial charge >= 0.3 is 11.9 Å². The van der Waals surface area contributed by atoms with Gasteiger partial charge in [-0.3, -0.25) is 19.2 Å². The molecule has 1 fully saturated rings. The number of thioether (sulfide) groups is 1. The summed E-state index contributed by atoms with van der Waals surface area (Å²) < 4.78 is 0. The molecule has 182 valence electrons. The molecular formula is C20H40N4O6S. The molecule has 1 heterocycles. The lowest BCUT2D eigenvalue weighted by Crippen LogP contribution is -2.47. The highest BCUT2D eigenvalue weighted by molar-refractivity contribution is 7.99. The highest BCUT2D eigenvalue weighted by atomic mass is 32.2. The smallest absolute Gasteiger partial charge is 0.317 e. The zero-order valence-electron chi connectivity index (χ0n) is 19.3. The Balaban J connectivity index is 0. The third-order valence-electron chi connectivity index (χ3n) is 4.35. The second-order valence-electron chi connectivity index (χ2n) is 6.71. The molecule has 1 rings (SSSR count). The van der Waals surface area contributed by atoms with E-state index in [9.17, 15) is 19.2 Å². The van der Waals surface area contributed by atoms with Crippen LogP contribution in [0.15, 0.2) is 0 Å². The maximum absolute atomic E-state index is 12.0. The maximum atomic E-state index is 12.0. The van der Waals surface area contributed by atoms with Gasteiger partial charge < -0.3 is 31.1 Å². The SMILES string of the molecule is CC.CSC(CC(=O)NCCCCCC(=O)N1CCN(C)CC1)C(=O)O.NCC(=O)O. The van der Waals surface area contributed by atoms with E-state index in [0.717, 1.165) is 57.2 Å². The molecule has 1 saturated heterocycles. The summed E-state index contributed by atoms with van der Waals surface area (Å²) in [6.07, 6.45) is 4.75. The number of amides is 2. The monoisotopic (exact) mass is 464 g/mol. The lowest BCUT2D eigenvalue weighted by Gasteiger charge is -2.32. The summed E-state index contributed by atoms with van der Waals surface area (Å²) in [4.78, 5) is 47.9. The molecule has 0 aromatic rings. The van der Waals surface area contributed by atoms with E-state index in [4.69, 9.17) is 10.2 Å². The molecule has 1 aliphatic heterocycles. The first-order valence-electron chi connectivity index (χ1n) is 10.6. The number of nitrogens with zero attached hydrogens (tertiary/aromatic N) is 2. The summed E-state index contributed by atoms with van der Waals surface area (Å²) in [6.45, 7) is 7.75. The molecule has 10 nitrogen and oxygen atoms in total. The first kappa shape index (κ1) is 31.3. The van der Waals surface area contributed by atoms with Crippen molar-refractivity contribution >= 4 is 35.5 Å². The van der Waals surface area contributed by atoms with E-state index in [0.29, 0.717) is 13.0 Å². The number of nitrogens with two attached hydrogens (primary N) is 1. The molecule has 2 amide bonds. The third kappa shape index (κ3) is 17.5. The van der Waals surface area contributed by atoms with Crippen molar-refractivity contribution in [3.63, 3.8) is 0 Å². The minimum Gasteiger partial charge on any atom is -0.480 e. The molecule has 0 bridgehead atoms. The predicted molar refractivity (Wildman–Crippen MR) is 123 cm³/mol. The van der Waals surface area contributed by atoms with Gasteiger partial charge in [0.05, 0.1) is 6.54 Å². The average Bonchev–Trinajstić information content (AvgIpc) is 2.76. The minimum absolute atomic E-state index is 0.00159. The molecule has 0 radical (unpaired) electrons. The van der Waals surface area contributed by atoms with Gasteiger partial charge in [-0.1, -0.05) is 20.3 Å². The lowest BCUT2D eigenvalue weighted by molar-refractivity contribution is -0.138. The summed E-state index contributed by atoms with van der Waals surface area (Å²) in [5, 5.41) is 18.5. The van der Waals surface area contributed by atoms with Gasteiger partial charge in [0, 0.05) is 45.6 Å². The highest BCUT2D eigenvalue weighted by Crippen LogP contribution is 2.11. The van der Waals surface area contributed by atoms with E-state index in [2.05, 4.69) is 23.0 Å². The Hall–Kier alpha value is -1.85. The Bertz CT molecular complexity index is 528. The Morgan fingerprint density at radius 3 is 2.03 bits per heavy atom. The van der Waals surface area contributed by atoms with Crippen molar-refractivity contribution in [3.05, 3.63) is 0 Å². The van der Waals surface area contributed by atoms with Crippen molar-refractivity contribution in [2.75, 3.05) is 52.6 Å². The number of carboxylic acids is 2. The number of aliphatic carboxylic acids is 2.